The predicted molar refractivity (Wildman–Crippen MR) is 51.0 cm³/mol. The third-order valence-electron chi connectivity index (χ3n) is 2.86. The highest BCUT2D eigenvalue weighted by Crippen LogP contribution is 2.32. The van der Waals surface area contributed by atoms with E-state index >= 15 is 0 Å². The van der Waals surface area contributed by atoms with Crippen molar-refractivity contribution < 1.29 is 8.42 Å². The van der Waals surface area contributed by atoms with Crippen LogP contribution in [-0.4, -0.2) is 44.2 Å². The third kappa shape index (κ3) is 1.73. The number of nitrogens with zero attached hydrogens (tertiary/aromatic N) is 1. The summed E-state index contributed by atoms with van der Waals surface area (Å²) in [6.45, 7) is 1.36. The lowest BCUT2D eigenvalue weighted by atomic mass is 10.3. The first kappa shape index (κ1) is 9.43. The first-order valence-corrected chi connectivity index (χ1v) is 6.31. The fourth-order valence-corrected chi connectivity index (χ4v) is 3.67. The van der Waals surface area contributed by atoms with Gasteiger partial charge >= 0.3 is 0 Å². The number of likely N-dealkylation sites (N-methyl/N-ethyl adjacent to an activating group) is 1. The molecule has 1 atom stereocenters. The predicted octanol–water partition coefficient (Wildman–Crippen LogP) is -0.228. The summed E-state index contributed by atoms with van der Waals surface area (Å²) < 4.78 is 25.2. The van der Waals surface area contributed by atoms with Crippen molar-refractivity contribution >= 4 is 10.0 Å². The van der Waals surface area contributed by atoms with Crippen LogP contribution in [0.2, 0.25) is 0 Å². The highest BCUT2D eigenvalue weighted by molar-refractivity contribution is 7.90. The first-order chi connectivity index (χ1) is 6.14. The molecule has 0 unspecified atom stereocenters. The van der Waals surface area contributed by atoms with E-state index in [0.29, 0.717) is 19.1 Å². The molecular formula is C8H16N2O2S. The van der Waals surface area contributed by atoms with Gasteiger partial charge in [-0.25, -0.2) is 12.7 Å². The number of hydrogen-bond donors (Lipinski definition) is 1. The minimum Gasteiger partial charge on any atom is -0.316 e. The van der Waals surface area contributed by atoms with Crippen LogP contribution in [0.3, 0.4) is 0 Å². The summed E-state index contributed by atoms with van der Waals surface area (Å²) in [5.74, 6) is 0. The average Bonchev–Trinajstić information content (AvgIpc) is 2.84. The molecule has 0 aromatic carbocycles. The second-order valence-corrected chi connectivity index (χ2v) is 6.09. The van der Waals surface area contributed by atoms with Crippen molar-refractivity contribution in [2.24, 2.45) is 0 Å². The zero-order valence-corrected chi connectivity index (χ0v) is 8.68. The molecule has 0 amide bonds. The van der Waals surface area contributed by atoms with E-state index in [1.807, 2.05) is 7.05 Å². The van der Waals surface area contributed by atoms with Crippen molar-refractivity contribution in [2.75, 3.05) is 20.1 Å². The molecule has 0 aromatic heterocycles. The van der Waals surface area contributed by atoms with Gasteiger partial charge in [-0.2, -0.15) is 0 Å². The lowest BCUT2D eigenvalue weighted by molar-refractivity contribution is 0.463. The van der Waals surface area contributed by atoms with E-state index in [1.54, 1.807) is 4.31 Å². The lowest BCUT2D eigenvalue weighted by Gasteiger charge is -2.15. The van der Waals surface area contributed by atoms with Crippen LogP contribution in [0.4, 0.5) is 0 Å². The van der Waals surface area contributed by atoms with Crippen LogP contribution in [0.5, 0.6) is 0 Å². The molecule has 2 rings (SSSR count). The second-order valence-electron chi connectivity index (χ2n) is 3.88. The number of hydrogen-bond acceptors (Lipinski definition) is 3. The average molecular weight is 204 g/mol. The summed E-state index contributed by atoms with van der Waals surface area (Å²) in [5.41, 5.74) is 0. The Hall–Kier alpha value is -0.130. The highest BCUT2D eigenvalue weighted by Gasteiger charge is 2.42. The van der Waals surface area contributed by atoms with Gasteiger partial charge in [0.15, 0.2) is 0 Å². The normalized spacial score (nSPS) is 31.0. The molecule has 4 nitrogen and oxygen atoms in total. The lowest BCUT2D eigenvalue weighted by Crippen LogP contribution is -2.35. The van der Waals surface area contributed by atoms with Gasteiger partial charge < -0.3 is 5.32 Å². The molecule has 13 heavy (non-hydrogen) atoms. The molecule has 2 fully saturated rings. The number of rotatable bonds is 3. The van der Waals surface area contributed by atoms with E-state index in [4.69, 9.17) is 0 Å². The summed E-state index contributed by atoms with van der Waals surface area (Å²) in [4.78, 5) is 0. The quantitative estimate of drug-likeness (QED) is 0.691. The van der Waals surface area contributed by atoms with Gasteiger partial charge in [0.2, 0.25) is 10.0 Å². The standard InChI is InChI=1S/C8H16N2O2S/c1-9-7-4-5-10(6-7)13(11,12)8-2-3-8/h7-9H,2-6H2,1H3/t7-/m1/s1. The number of nitrogens with one attached hydrogen (secondary N) is 1. The maximum absolute atomic E-state index is 11.8. The van der Waals surface area contributed by atoms with Crippen molar-refractivity contribution in [2.45, 2.75) is 30.6 Å². The van der Waals surface area contributed by atoms with Gasteiger partial charge in [0.1, 0.15) is 0 Å². The van der Waals surface area contributed by atoms with Gasteiger partial charge in [0.05, 0.1) is 5.25 Å². The summed E-state index contributed by atoms with van der Waals surface area (Å²) in [6, 6.07) is 0.355. The molecule has 0 aromatic rings. The van der Waals surface area contributed by atoms with Gasteiger partial charge in [-0.15, -0.1) is 0 Å². The Bertz CT molecular complexity index is 285. The Morgan fingerprint density at radius 1 is 1.31 bits per heavy atom. The molecule has 0 radical (unpaired) electrons. The van der Waals surface area contributed by atoms with Crippen LogP contribution < -0.4 is 5.32 Å². The van der Waals surface area contributed by atoms with Crippen molar-refractivity contribution in [1.82, 2.24) is 9.62 Å². The largest absolute Gasteiger partial charge is 0.316 e. The van der Waals surface area contributed by atoms with E-state index in [-0.39, 0.29) is 5.25 Å². The molecule has 5 heteroatoms. The van der Waals surface area contributed by atoms with Crippen LogP contribution in [0, 0.1) is 0 Å². The number of sulfonamides is 1. The summed E-state index contributed by atoms with van der Waals surface area (Å²) in [5, 5.41) is 3.07. The summed E-state index contributed by atoms with van der Waals surface area (Å²) in [7, 11) is -1.03. The first-order valence-electron chi connectivity index (χ1n) is 4.81. The van der Waals surface area contributed by atoms with Crippen LogP contribution in [0.15, 0.2) is 0 Å². The SMILES string of the molecule is CN[C@@H]1CCN(S(=O)(=O)C2CC2)C1. The highest BCUT2D eigenvalue weighted by atomic mass is 32.2. The maximum Gasteiger partial charge on any atom is 0.217 e. The molecule has 2 aliphatic rings. The molecule has 1 aliphatic carbocycles. The van der Waals surface area contributed by atoms with Crippen LogP contribution in [0.25, 0.3) is 0 Å². The van der Waals surface area contributed by atoms with Crippen LogP contribution in [-0.2, 0) is 10.0 Å². The van der Waals surface area contributed by atoms with Crippen molar-refractivity contribution in [1.29, 1.82) is 0 Å². The van der Waals surface area contributed by atoms with Crippen LogP contribution >= 0.6 is 0 Å². The zero-order chi connectivity index (χ0) is 9.47. The van der Waals surface area contributed by atoms with Crippen molar-refractivity contribution in [3.05, 3.63) is 0 Å². The minimum atomic E-state index is -2.92. The van der Waals surface area contributed by atoms with E-state index in [1.165, 1.54) is 0 Å². The smallest absolute Gasteiger partial charge is 0.217 e. The molecule has 1 saturated carbocycles. The van der Waals surface area contributed by atoms with E-state index < -0.39 is 10.0 Å². The summed E-state index contributed by atoms with van der Waals surface area (Å²) in [6.07, 6.45) is 2.68. The van der Waals surface area contributed by atoms with Gasteiger partial charge in [-0.05, 0) is 26.3 Å². The van der Waals surface area contributed by atoms with Crippen LogP contribution in [0.1, 0.15) is 19.3 Å². The molecule has 76 valence electrons. The van der Waals surface area contributed by atoms with Gasteiger partial charge in [-0.3, -0.25) is 0 Å². The second kappa shape index (κ2) is 3.22. The molecule has 0 spiro atoms. The maximum atomic E-state index is 11.8. The molecule has 1 heterocycles. The molecule has 0 bridgehead atoms. The zero-order valence-electron chi connectivity index (χ0n) is 7.86. The monoisotopic (exact) mass is 204 g/mol. The molecule has 1 aliphatic heterocycles. The van der Waals surface area contributed by atoms with Crippen molar-refractivity contribution in [3.63, 3.8) is 0 Å². The van der Waals surface area contributed by atoms with E-state index in [9.17, 15) is 8.42 Å². The fraction of sp³-hybridized carbons (Fsp3) is 1.00. The third-order valence-corrected chi connectivity index (χ3v) is 5.23. The van der Waals surface area contributed by atoms with Gasteiger partial charge in [-0.1, -0.05) is 0 Å². The Balaban J connectivity index is 2.02. The molecule has 1 N–H and O–H groups in total. The summed E-state index contributed by atoms with van der Waals surface area (Å²) >= 11 is 0. The Kier molecular flexibility index (Phi) is 2.33. The fourth-order valence-electron chi connectivity index (χ4n) is 1.77. The minimum absolute atomic E-state index is 0.0527. The molecular weight excluding hydrogens is 188 g/mol. The van der Waals surface area contributed by atoms with E-state index in [2.05, 4.69) is 5.32 Å². The van der Waals surface area contributed by atoms with Crippen molar-refractivity contribution in [3.8, 4) is 0 Å². The molecule has 1 saturated heterocycles. The Labute approximate surface area is 79.4 Å². The van der Waals surface area contributed by atoms with E-state index in [0.717, 1.165) is 19.3 Å². The van der Waals surface area contributed by atoms with Gasteiger partial charge in [0.25, 0.3) is 0 Å². The Morgan fingerprint density at radius 2 is 2.00 bits per heavy atom. The van der Waals surface area contributed by atoms with Gasteiger partial charge in [0, 0.05) is 19.1 Å². The topological polar surface area (TPSA) is 49.4 Å². The Morgan fingerprint density at radius 3 is 2.46 bits per heavy atom.